The van der Waals surface area contributed by atoms with Crippen LogP contribution in [0.4, 0.5) is 11.4 Å². The lowest BCUT2D eigenvalue weighted by Crippen LogP contribution is -2.48. The number of hydrogen-bond acceptors (Lipinski definition) is 6. The zero-order valence-corrected chi connectivity index (χ0v) is 19.3. The molecule has 0 spiro atoms. The molecule has 1 atom stereocenters. The van der Waals surface area contributed by atoms with E-state index in [1.807, 2.05) is 12.1 Å². The minimum absolute atomic E-state index is 0.0561. The molecular weight excluding hydrogens is 420 g/mol. The predicted molar refractivity (Wildman–Crippen MR) is 128 cm³/mol. The summed E-state index contributed by atoms with van der Waals surface area (Å²) in [5.41, 5.74) is 1.97. The van der Waals surface area contributed by atoms with Gasteiger partial charge in [-0.25, -0.2) is 0 Å². The largest absolute Gasteiger partial charge is 0.493 e. The molecule has 1 unspecified atom stereocenters. The van der Waals surface area contributed by atoms with Crippen LogP contribution < -0.4 is 24.6 Å². The highest BCUT2D eigenvalue weighted by Gasteiger charge is 2.35. The molecule has 0 aromatic heterocycles. The average Bonchev–Trinajstić information content (AvgIpc) is 3.26. The van der Waals surface area contributed by atoms with Crippen molar-refractivity contribution in [3.05, 3.63) is 48.5 Å². The van der Waals surface area contributed by atoms with Crippen molar-refractivity contribution in [3.63, 3.8) is 0 Å². The van der Waals surface area contributed by atoms with Gasteiger partial charge in [0.25, 0.3) is 0 Å². The van der Waals surface area contributed by atoms with Gasteiger partial charge in [0.05, 0.1) is 20.1 Å². The molecule has 2 aliphatic heterocycles. The molecule has 8 nitrogen and oxygen atoms in total. The summed E-state index contributed by atoms with van der Waals surface area (Å²) < 4.78 is 10.6. The Bertz CT molecular complexity index is 960. The first-order valence-corrected chi connectivity index (χ1v) is 11.4. The van der Waals surface area contributed by atoms with Crippen LogP contribution in [0.25, 0.3) is 0 Å². The fourth-order valence-corrected chi connectivity index (χ4v) is 4.48. The molecule has 1 N–H and O–H groups in total. The van der Waals surface area contributed by atoms with Crippen molar-refractivity contribution in [2.24, 2.45) is 5.92 Å². The third-order valence-corrected chi connectivity index (χ3v) is 6.40. The highest BCUT2D eigenvalue weighted by atomic mass is 16.5. The Balaban J connectivity index is 1.23. The molecule has 2 amide bonds. The Morgan fingerprint density at radius 3 is 2.39 bits per heavy atom. The van der Waals surface area contributed by atoms with Gasteiger partial charge in [-0.05, 0) is 24.3 Å². The van der Waals surface area contributed by atoms with E-state index in [0.29, 0.717) is 30.3 Å². The van der Waals surface area contributed by atoms with E-state index >= 15 is 0 Å². The minimum Gasteiger partial charge on any atom is -0.493 e. The van der Waals surface area contributed by atoms with Crippen LogP contribution in [0.1, 0.15) is 6.42 Å². The third kappa shape index (κ3) is 5.39. The number of nitrogens with one attached hydrogen (secondary N) is 1. The lowest BCUT2D eigenvalue weighted by atomic mass is 10.1. The van der Waals surface area contributed by atoms with Gasteiger partial charge < -0.3 is 24.6 Å². The third-order valence-electron chi connectivity index (χ3n) is 6.40. The van der Waals surface area contributed by atoms with E-state index < -0.39 is 0 Å². The van der Waals surface area contributed by atoms with E-state index in [4.69, 9.17) is 9.47 Å². The number of rotatable bonds is 8. The van der Waals surface area contributed by atoms with E-state index in [1.165, 1.54) is 5.69 Å². The smallest absolute Gasteiger partial charge is 0.227 e. The first-order valence-electron chi connectivity index (χ1n) is 11.4. The van der Waals surface area contributed by atoms with Gasteiger partial charge in [-0.2, -0.15) is 0 Å². The highest BCUT2D eigenvalue weighted by molar-refractivity contribution is 6.00. The Morgan fingerprint density at radius 1 is 0.970 bits per heavy atom. The first-order chi connectivity index (χ1) is 16.1. The van der Waals surface area contributed by atoms with Crippen molar-refractivity contribution in [2.45, 2.75) is 6.42 Å². The summed E-state index contributed by atoms with van der Waals surface area (Å²) in [5.74, 6) is 0.698. The van der Waals surface area contributed by atoms with Crippen LogP contribution in [-0.4, -0.2) is 76.7 Å². The van der Waals surface area contributed by atoms with Crippen LogP contribution >= 0.6 is 0 Å². The maximum absolute atomic E-state index is 12.7. The van der Waals surface area contributed by atoms with Crippen molar-refractivity contribution in [2.75, 3.05) is 69.8 Å². The van der Waals surface area contributed by atoms with Gasteiger partial charge in [-0.15, -0.1) is 0 Å². The summed E-state index contributed by atoms with van der Waals surface area (Å²) in [6.45, 7) is 5.68. The molecule has 2 aromatic rings. The van der Waals surface area contributed by atoms with E-state index in [0.717, 1.165) is 32.7 Å². The molecule has 2 aliphatic rings. The molecule has 8 heteroatoms. The Hall–Kier alpha value is -3.26. The molecule has 0 radical (unpaired) electrons. The molecule has 33 heavy (non-hydrogen) atoms. The number of methoxy groups -OCH3 is 2. The quantitative estimate of drug-likeness (QED) is 0.661. The van der Waals surface area contributed by atoms with Crippen LogP contribution in [0.5, 0.6) is 11.5 Å². The monoisotopic (exact) mass is 452 g/mol. The number of carbonyl (C=O) groups excluding carboxylic acids is 2. The average molecular weight is 453 g/mol. The van der Waals surface area contributed by atoms with Gasteiger partial charge in [0, 0.05) is 69.7 Å². The second kappa shape index (κ2) is 10.6. The fraction of sp³-hybridized carbons (Fsp3) is 0.440. The molecule has 176 valence electrons. The number of carbonyl (C=O) groups is 2. The second-order valence-electron chi connectivity index (χ2n) is 8.40. The Kier molecular flexibility index (Phi) is 7.34. The van der Waals surface area contributed by atoms with Crippen molar-refractivity contribution >= 4 is 23.2 Å². The molecule has 2 fully saturated rings. The van der Waals surface area contributed by atoms with Crippen LogP contribution in [-0.2, 0) is 9.59 Å². The van der Waals surface area contributed by atoms with Gasteiger partial charge >= 0.3 is 0 Å². The highest BCUT2D eigenvalue weighted by Crippen LogP contribution is 2.34. The van der Waals surface area contributed by atoms with Crippen molar-refractivity contribution < 1.29 is 19.1 Å². The predicted octanol–water partition coefficient (Wildman–Crippen LogP) is 2.00. The van der Waals surface area contributed by atoms with E-state index in [1.54, 1.807) is 31.3 Å². The number of amides is 2. The Morgan fingerprint density at radius 2 is 1.70 bits per heavy atom. The van der Waals surface area contributed by atoms with Gasteiger partial charge in [0.1, 0.15) is 0 Å². The number of anilines is 2. The van der Waals surface area contributed by atoms with Gasteiger partial charge in [0.15, 0.2) is 11.5 Å². The lowest BCUT2D eigenvalue weighted by Gasteiger charge is -2.36. The van der Waals surface area contributed by atoms with Crippen LogP contribution in [0.15, 0.2) is 48.5 Å². The number of para-hydroxylation sites is 1. The normalized spacial score (nSPS) is 19.0. The molecule has 0 bridgehead atoms. The number of hydrogen-bond donors (Lipinski definition) is 1. The van der Waals surface area contributed by atoms with Gasteiger partial charge in [0.2, 0.25) is 11.8 Å². The second-order valence-corrected chi connectivity index (χ2v) is 8.40. The number of ether oxygens (including phenoxy) is 2. The van der Waals surface area contributed by atoms with Crippen molar-refractivity contribution in [1.29, 1.82) is 0 Å². The zero-order chi connectivity index (χ0) is 23.2. The zero-order valence-electron chi connectivity index (χ0n) is 19.3. The topological polar surface area (TPSA) is 74.4 Å². The van der Waals surface area contributed by atoms with E-state index in [9.17, 15) is 9.59 Å². The van der Waals surface area contributed by atoms with Crippen LogP contribution in [0.3, 0.4) is 0 Å². The number of nitrogens with zero attached hydrogens (tertiary/aromatic N) is 3. The molecule has 0 aliphatic carbocycles. The van der Waals surface area contributed by atoms with Crippen molar-refractivity contribution in [3.8, 4) is 11.5 Å². The summed E-state index contributed by atoms with van der Waals surface area (Å²) in [6, 6.07) is 15.8. The molecule has 2 heterocycles. The molecule has 0 saturated carbocycles. The minimum atomic E-state index is -0.347. The number of benzene rings is 2. The standard InChI is InChI=1S/C25H32N4O4/c1-32-22-9-8-21(17-23(22)33-2)29-18-19(16-24(29)30)25(31)26-10-11-27-12-14-28(15-13-27)20-6-4-3-5-7-20/h3-9,17,19H,10-16,18H2,1-2H3,(H,26,31). The summed E-state index contributed by atoms with van der Waals surface area (Å²) in [5, 5.41) is 3.03. The molecule has 2 saturated heterocycles. The van der Waals surface area contributed by atoms with E-state index in [2.05, 4.69) is 39.4 Å². The summed E-state index contributed by atoms with van der Waals surface area (Å²) in [4.78, 5) is 31.7. The van der Waals surface area contributed by atoms with Crippen LogP contribution in [0.2, 0.25) is 0 Å². The lowest BCUT2D eigenvalue weighted by molar-refractivity contribution is -0.126. The van der Waals surface area contributed by atoms with Crippen LogP contribution in [0, 0.1) is 5.92 Å². The van der Waals surface area contributed by atoms with Gasteiger partial charge in [-0.3, -0.25) is 14.5 Å². The maximum Gasteiger partial charge on any atom is 0.227 e. The molecule has 2 aromatic carbocycles. The SMILES string of the molecule is COc1ccc(N2CC(C(=O)NCCN3CCN(c4ccccc4)CC3)CC2=O)cc1OC. The number of piperazine rings is 1. The van der Waals surface area contributed by atoms with Crippen molar-refractivity contribution in [1.82, 2.24) is 10.2 Å². The molecular formula is C25H32N4O4. The maximum atomic E-state index is 12.7. The summed E-state index contributed by atoms with van der Waals surface area (Å²) in [6.07, 6.45) is 0.218. The first kappa shape index (κ1) is 22.9. The van der Waals surface area contributed by atoms with E-state index in [-0.39, 0.29) is 24.2 Å². The summed E-state index contributed by atoms with van der Waals surface area (Å²) >= 11 is 0. The Labute approximate surface area is 195 Å². The fourth-order valence-electron chi connectivity index (χ4n) is 4.48. The molecule has 4 rings (SSSR count). The summed E-state index contributed by atoms with van der Waals surface area (Å²) in [7, 11) is 3.13. The van der Waals surface area contributed by atoms with Gasteiger partial charge in [-0.1, -0.05) is 18.2 Å².